The summed E-state index contributed by atoms with van der Waals surface area (Å²) in [4.78, 5) is 12.0. The van der Waals surface area contributed by atoms with Gasteiger partial charge in [-0.3, -0.25) is 4.79 Å². The Morgan fingerprint density at radius 3 is 2.53 bits per heavy atom. The van der Waals surface area contributed by atoms with Gasteiger partial charge >= 0.3 is 0 Å². The van der Waals surface area contributed by atoms with E-state index in [1.165, 1.54) is 25.7 Å². The Morgan fingerprint density at radius 2 is 1.93 bits per heavy atom. The number of allylic oxidation sites excluding steroid dienone is 2. The van der Waals surface area contributed by atoms with E-state index in [1.54, 1.807) is 13.2 Å². The summed E-state index contributed by atoms with van der Waals surface area (Å²) < 4.78 is 5.41. The summed E-state index contributed by atoms with van der Waals surface area (Å²) in [5.74, 6) is 3.58. The Kier molecular flexibility index (Phi) is 1.29. The zero-order chi connectivity index (χ0) is 10.2. The molecule has 0 saturated heterocycles. The number of hydrogen-bond acceptors (Lipinski definition) is 2. The molecule has 4 rings (SSSR count). The quantitative estimate of drug-likeness (QED) is 0.654. The Balaban J connectivity index is 1.81. The highest BCUT2D eigenvalue weighted by Crippen LogP contribution is 2.76. The molecule has 0 aromatic rings. The van der Waals surface area contributed by atoms with Crippen molar-refractivity contribution < 1.29 is 9.53 Å². The van der Waals surface area contributed by atoms with Crippen LogP contribution in [0.5, 0.6) is 0 Å². The lowest BCUT2D eigenvalue weighted by molar-refractivity contribution is -0.119. The minimum atomic E-state index is 0.307. The molecule has 3 fully saturated rings. The van der Waals surface area contributed by atoms with Gasteiger partial charge in [0.2, 0.25) is 0 Å². The number of ether oxygens (including phenoxy) is 1. The van der Waals surface area contributed by atoms with Crippen LogP contribution < -0.4 is 0 Å². The Labute approximate surface area is 89.7 Å². The maximum Gasteiger partial charge on any atom is 0.163 e. The second-order valence-corrected chi connectivity index (χ2v) is 5.73. The molecule has 4 aliphatic carbocycles. The first-order valence-electron chi connectivity index (χ1n) is 6.07. The van der Waals surface area contributed by atoms with E-state index in [-0.39, 0.29) is 0 Å². The van der Waals surface area contributed by atoms with Gasteiger partial charge in [0.1, 0.15) is 5.76 Å². The summed E-state index contributed by atoms with van der Waals surface area (Å²) in [5, 5.41) is 0. The van der Waals surface area contributed by atoms with Crippen molar-refractivity contribution in [2.24, 2.45) is 29.1 Å². The van der Waals surface area contributed by atoms with Crippen LogP contribution in [0.15, 0.2) is 11.8 Å². The third-order valence-corrected chi connectivity index (χ3v) is 5.52. The van der Waals surface area contributed by atoms with Gasteiger partial charge in [-0.05, 0) is 42.9 Å². The van der Waals surface area contributed by atoms with Crippen molar-refractivity contribution in [2.45, 2.75) is 25.7 Å². The fourth-order valence-electron chi connectivity index (χ4n) is 4.95. The molecule has 0 N–H and O–H groups in total. The van der Waals surface area contributed by atoms with Crippen LogP contribution in [0, 0.1) is 29.1 Å². The molecular weight excluding hydrogens is 188 g/mol. The van der Waals surface area contributed by atoms with Gasteiger partial charge in [-0.15, -0.1) is 0 Å². The molecular formula is C13H16O2. The number of rotatable bonds is 1. The number of hydrogen-bond donors (Lipinski definition) is 0. The predicted octanol–water partition coefficient (Wildman–Crippen LogP) is 2.15. The summed E-state index contributed by atoms with van der Waals surface area (Å²) in [6, 6.07) is 0. The average molecular weight is 204 g/mol. The predicted molar refractivity (Wildman–Crippen MR) is 55.0 cm³/mol. The van der Waals surface area contributed by atoms with E-state index in [0.717, 1.165) is 11.7 Å². The molecule has 0 unspecified atom stereocenters. The highest BCUT2D eigenvalue weighted by molar-refractivity contribution is 5.96. The van der Waals surface area contributed by atoms with E-state index < -0.39 is 0 Å². The van der Waals surface area contributed by atoms with Crippen molar-refractivity contribution >= 4 is 5.78 Å². The van der Waals surface area contributed by atoms with Crippen molar-refractivity contribution in [1.82, 2.24) is 0 Å². The SMILES string of the molecule is COC1=CC(=O)[C@H]2[C@@H]1[C@H]1CC[C@H]2C12CC2. The average Bonchev–Trinajstić information content (AvgIpc) is 2.78. The van der Waals surface area contributed by atoms with Gasteiger partial charge in [0, 0.05) is 17.9 Å². The molecule has 4 atom stereocenters. The monoisotopic (exact) mass is 204 g/mol. The Morgan fingerprint density at radius 1 is 1.27 bits per heavy atom. The summed E-state index contributed by atoms with van der Waals surface area (Å²) >= 11 is 0. The minimum absolute atomic E-state index is 0.307. The van der Waals surface area contributed by atoms with E-state index >= 15 is 0 Å². The van der Waals surface area contributed by atoms with E-state index in [4.69, 9.17) is 4.74 Å². The van der Waals surface area contributed by atoms with Gasteiger partial charge in [-0.25, -0.2) is 0 Å². The van der Waals surface area contributed by atoms with E-state index in [2.05, 4.69) is 0 Å². The molecule has 4 aliphatic rings. The van der Waals surface area contributed by atoms with Crippen LogP contribution in [0.2, 0.25) is 0 Å². The molecule has 1 spiro atoms. The topological polar surface area (TPSA) is 26.3 Å². The molecule has 80 valence electrons. The molecule has 2 bridgehead atoms. The summed E-state index contributed by atoms with van der Waals surface area (Å²) in [6.07, 6.45) is 7.15. The number of carbonyl (C=O) groups is 1. The van der Waals surface area contributed by atoms with Crippen LogP contribution >= 0.6 is 0 Å². The van der Waals surface area contributed by atoms with Crippen LogP contribution in [0.4, 0.5) is 0 Å². The lowest BCUT2D eigenvalue weighted by Crippen LogP contribution is -2.24. The lowest BCUT2D eigenvalue weighted by atomic mass is 9.80. The molecule has 0 radical (unpaired) electrons. The Hall–Kier alpha value is -0.790. The molecule has 3 saturated carbocycles. The van der Waals surface area contributed by atoms with Gasteiger partial charge in [-0.2, -0.15) is 0 Å². The van der Waals surface area contributed by atoms with Crippen LogP contribution in [0.1, 0.15) is 25.7 Å². The van der Waals surface area contributed by atoms with Gasteiger partial charge in [0.05, 0.1) is 7.11 Å². The first-order chi connectivity index (χ1) is 7.28. The summed E-state index contributed by atoms with van der Waals surface area (Å²) in [5.41, 5.74) is 0.586. The molecule has 0 aromatic carbocycles. The van der Waals surface area contributed by atoms with Crippen molar-refractivity contribution in [3.8, 4) is 0 Å². The van der Waals surface area contributed by atoms with Gasteiger partial charge in [0.15, 0.2) is 5.78 Å². The van der Waals surface area contributed by atoms with Crippen LogP contribution in [0.25, 0.3) is 0 Å². The van der Waals surface area contributed by atoms with E-state index in [0.29, 0.717) is 29.0 Å². The van der Waals surface area contributed by atoms with Crippen LogP contribution in [-0.2, 0) is 9.53 Å². The number of carbonyl (C=O) groups excluding carboxylic acids is 1. The van der Waals surface area contributed by atoms with Crippen LogP contribution in [0.3, 0.4) is 0 Å². The van der Waals surface area contributed by atoms with Crippen molar-refractivity contribution in [1.29, 1.82) is 0 Å². The fraction of sp³-hybridized carbons (Fsp3) is 0.769. The highest BCUT2D eigenvalue weighted by Gasteiger charge is 2.71. The van der Waals surface area contributed by atoms with Gasteiger partial charge in [-0.1, -0.05) is 0 Å². The van der Waals surface area contributed by atoms with Crippen molar-refractivity contribution in [2.75, 3.05) is 7.11 Å². The third-order valence-electron chi connectivity index (χ3n) is 5.52. The fourth-order valence-corrected chi connectivity index (χ4v) is 4.95. The smallest absolute Gasteiger partial charge is 0.163 e. The maximum absolute atomic E-state index is 12.0. The van der Waals surface area contributed by atoms with Gasteiger partial charge in [0.25, 0.3) is 0 Å². The zero-order valence-corrected chi connectivity index (χ0v) is 9.03. The normalized spacial score (nSPS) is 48.3. The largest absolute Gasteiger partial charge is 0.501 e. The van der Waals surface area contributed by atoms with Crippen LogP contribution in [-0.4, -0.2) is 12.9 Å². The zero-order valence-electron chi connectivity index (χ0n) is 9.03. The first-order valence-corrected chi connectivity index (χ1v) is 6.07. The Bertz CT molecular complexity index is 378. The second kappa shape index (κ2) is 2.31. The molecule has 15 heavy (non-hydrogen) atoms. The first kappa shape index (κ1) is 8.37. The van der Waals surface area contributed by atoms with Crippen molar-refractivity contribution in [3.63, 3.8) is 0 Å². The van der Waals surface area contributed by atoms with Gasteiger partial charge < -0.3 is 4.74 Å². The number of methoxy groups -OCH3 is 1. The molecule has 0 aliphatic heterocycles. The lowest BCUT2D eigenvalue weighted by Gasteiger charge is -2.24. The van der Waals surface area contributed by atoms with Crippen molar-refractivity contribution in [3.05, 3.63) is 11.8 Å². The highest BCUT2D eigenvalue weighted by atomic mass is 16.5. The maximum atomic E-state index is 12.0. The number of ketones is 1. The summed E-state index contributed by atoms with van der Waals surface area (Å²) in [6.45, 7) is 0. The van der Waals surface area contributed by atoms with E-state index in [1.807, 2.05) is 0 Å². The number of fused-ring (bicyclic) bond motifs is 3. The summed E-state index contributed by atoms with van der Waals surface area (Å²) in [7, 11) is 1.72. The molecule has 2 heteroatoms. The standard InChI is InChI=1S/C13H16O2/c1-15-10-6-9(14)11-7-2-3-8(12(10)11)13(7)4-5-13/h6-8,11-12H,2-5H2,1H3/t7-,8-,11+,12-/m1/s1. The molecule has 0 amide bonds. The van der Waals surface area contributed by atoms with E-state index in [9.17, 15) is 4.79 Å². The minimum Gasteiger partial charge on any atom is -0.501 e. The second-order valence-electron chi connectivity index (χ2n) is 5.73. The third kappa shape index (κ3) is 0.745. The molecule has 0 aromatic heterocycles. The molecule has 2 nitrogen and oxygen atoms in total. The molecule has 0 heterocycles.